The van der Waals surface area contributed by atoms with Crippen LogP contribution in [-0.2, 0) is 20.8 Å². The van der Waals surface area contributed by atoms with E-state index < -0.39 is 35.2 Å². The van der Waals surface area contributed by atoms with Crippen LogP contribution in [0.4, 0.5) is 18.9 Å². The maximum Gasteiger partial charge on any atom is 0.234 e. The molecule has 2 aromatic carbocycles. The van der Waals surface area contributed by atoms with E-state index in [1.807, 2.05) is 0 Å². The molecule has 3 amide bonds. The van der Waals surface area contributed by atoms with Crippen molar-refractivity contribution >= 4 is 35.0 Å². The molecule has 0 radical (unpaired) electrons. The van der Waals surface area contributed by atoms with Crippen molar-refractivity contribution in [3.63, 3.8) is 0 Å². The first kappa shape index (κ1) is 22.1. The van der Waals surface area contributed by atoms with Gasteiger partial charge in [-0.15, -0.1) is 0 Å². The summed E-state index contributed by atoms with van der Waals surface area (Å²) in [5.41, 5.74) is 0.106. The predicted molar refractivity (Wildman–Crippen MR) is 111 cm³/mol. The summed E-state index contributed by atoms with van der Waals surface area (Å²) in [5.74, 6) is -4.87. The number of hydrogen-bond acceptors (Lipinski definition) is 4. The lowest BCUT2D eigenvalue weighted by Crippen LogP contribution is -2.59. The van der Waals surface area contributed by atoms with Crippen molar-refractivity contribution in [3.05, 3.63) is 63.9 Å². The summed E-state index contributed by atoms with van der Waals surface area (Å²) in [6, 6.07) is 6.00. The van der Waals surface area contributed by atoms with Crippen LogP contribution in [0.1, 0.15) is 29.9 Å². The third kappa shape index (κ3) is 4.57. The van der Waals surface area contributed by atoms with Crippen molar-refractivity contribution in [1.29, 1.82) is 0 Å². The minimum absolute atomic E-state index is 0.0175. The summed E-state index contributed by atoms with van der Waals surface area (Å²) < 4.78 is 43.1. The largest absolute Gasteiger partial charge is 0.367 e. The summed E-state index contributed by atoms with van der Waals surface area (Å²) in [7, 11) is 0. The number of imide groups is 1. The monoisotopic (exact) mass is 465 g/mol. The number of amides is 3. The molecular formula is C22H19ClF3N3O3. The standard InChI is InChI=1S/C22H19ClF3N3O3/c23-12-1-3-16(24)11(5-12)6-20(31)27-13-9-29(10-13)14-7-17(25)21(18(26)8-14)15-2-4-19(30)28-22(15)32/h1,3,5,7-8,13,15H,2,4,6,9-10H2,(H,27,31)(H,28,30,32). The van der Waals surface area contributed by atoms with Crippen molar-refractivity contribution in [1.82, 2.24) is 10.6 Å². The zero-order valence-corrected chi connectivity index (χ0v) is 17.5. The lowest BCUT2D eigenvalue weighted by Gasteiger charge is -2.41. The Hall–Kier alpha value is -3.07. The Kier molecular flexibility index (Phi) is 6.10. The molecule has 6 nitrogen and oxygen atoms in total. The van der Waals surface area contributed by atoms with Gasteiger partial charge in [0.1, 0.15) is 17.5 Å². The summed E-state index contributed by atoms with van der Waals surface area (Å²) in [6.07, 6.45) is -0.112. The highest BCUT2D eigenvalue weighted by atomic mass is 35.5. The van der Waals surface area contributed by atoms with E-state index in [1.165, 1.54) is 18.2 Å². The lowest BCUT2D eigenvalue weighted by atomic mass is 9.89. The highest BCUT2D eigenvalue weighted by Crippen LogP contribution is 2.33. The van der Waals surface area contributed by atoms with Crippen LogP contribution in [0.25, 0.3) is 0 Å². The fourth-order valence-electron chi connectivity index (χ4n) is 3.97. The number of nitrogens with zero attached hydrogens (tertiary/aromatic N) is 1. The van der Waals surface area contributed by atoms with Gasteiger partial charge in [0.05, 0.1) is 18.4 Å². The number of benzene rings is 2. The smallest absolute Gasteiger partial charge is 0.234 e. The first-order valence-electron chi connectivity index (χ1n) is 10.0. The molecule has 2 aliphatic rings. The Bertz CT molecular complexity index is 1080. The number of rotatable bonds is 5. The zero-order chi connectivity index (χ0) is 23.0. The Balaban J connectivity index is 1.36. The Labute approximate surface area is 186 Å². The van der Waals surface area contributed by atoms with Crippen LogP contribution in [-0.4, -0.2) is 36.9 Å². The molecule has 2 aliphatic heterocycles. The van der Waals surface area contributed by atoms with Gasteiger partial charge < -0.3 is 10.2 Å². The van der Waals surface area contributed by atoms with E-state index in [9.17, 15) is 27.6 Å². The highest BCUT2D eigenvalue weighted by molar-refractivity contribution is 6.30. The van der Waals surface area contributed by atoms with Crippen LogP contribution in [0.3, 0.4) is 0 Å². The highest BCUT2D eigenvalue weighted by Gasteiger charge is 2.34. The predicted octanol–water partition coefficient (Wildman–Crippen LogP) is 2.83. The molecule has 32 heavy (non-hydrogen) atoms. The second-order valence-electron chi connectivity index (χ2n) is 7.91. The maximum absolute atomic E-state index is 14.7. The second-order valence-corrected chi connectivity index (χ2v) is 8.35. The Morgan fingerprint density at radius 2 is 1.78 bits per heavy atom. The van der Waals surface area contributed by atoms with Gasteiger partial charge in [0.15, 0.2) is 0 Å². The molecule has 2 heterocycles. The van der Waals surface area contributed by atoms with Crippen molar-refractivity contribution in [2.75, 3.05) is 18.0 Å². The molecule has 0 aromatic heterocycles. The molecule has 0 aliphatic carbocycles. The summed E-state index contributed by atoms with van der Waals surface area (Å²) in [5, 5.41) is 5.18. The van der Waals surface area contributed by atoms with E-state index in [2.05, 4.69) is 10.6 Å². The van der Waals surface area contributed by atoms with E-state index in [0.29, 0.717) is 18.1 Å². The molecule has 2 N–H and O–H groups in total. The Morgan fingerprint density at radius 1 is 1.09 bits per heavy atom. The second kappa shape index (κ2) is 8.82. The molecule has 2 saturated heterocycles. The van der Waals surface area contributed by atoms with E-state index in [1.54, 1.807) is 4.90 Å². The fourth-order valence-corrected chi connectivity index (χ4v) is 4.16. The normalized spacial score (nSPS) is 18.9. The van der Waals surface area contributed by atoms with Gasteiger partial charge in [-0.1, -0.05) is 11.6 Å². The van der Waals surface area contributed by atoms with Gasteiger partial charge in [0, 0.05) is 35.8 Å². The van der Waals surface area contributed by atoms with Gasteiger partial charge >= 0.3 is 0 Å². The lowest BCUT2D eigenvalue weighted by molar-refractivity contribution is -0.134. The third-order valence-corrected chi connectivity index (χ3v) is 5.86. The van der Waals surface area contributed by atoms with Crippen molar-refractivity contribution < 1.29 is 27.6 Å². The molecule has 0 spiro atoms. The SMILES string of the molecule is O=C1CCC(c2c(F)cc(N3CC(NC(=O)Cc4cc(Cl)ccc4F)C3)cc2F)C(=O)N1. The summed E-state index contributed by atoms with van der Waals surface area (Å²) in [4.78, 5) is 37.1. The van der Waals surface area contributed by atoms with Gasteiger partial charge in [-0.2, -0.15) is 0 Å². The number of halogens is 4. The molecule has 1 unspecified atom stereocenters. The van der Waals surface area contributed by atoms with Crippen LogP contribution >= 0.6 is 11.6 Å². The number of anilines is 1. The maximum atomic E-state index is 14.7. The minimum atomic E-state index is -1.06. The molecule has 10 heteroatoms. The first-order chi connectivity index (χ1) is 15.2. The summed E-state index contributed by atoms with van der Waals surface area (Å²) >= 11 is 5.83. The average Bonchev–Trinajstić information content (AvgIpc) is 2.68. The van der Waals surface area contributed by atoms with Crippen molar-refractivity contribution in [2.45, 2.75) is 31.2 Å². The average molecular weight is 466 g/mol. The Morgan fingerprint density at radius 3 is 2.44 bits per heavy atom. The van der Waals surface area contributed by atoms with E-state index in [0.717, 1.165) is 12.1 Å². The molecule has 168 valence electrons. The summed E-state index contributed by atoms with van der Waals surface area (Å²) in [6.45, 7) is 0.640. The number of piperidine rings is 1. The molecule has 0 saturated carbocycles. The molecule has 2 fully saturated rings. The zero-order valence-electron chi connectivity index (χ0n) is 16.8. The molecular weight excluding hydrogens is 447 g/mol. The van der Waals surface area contributed by atoms with Crippen LogP contribution in [0.2, 0.25) is 5.02 Å². The van der Waals surface area contributed by atoms with Gasteiger partial charge in [0.25, 0.3) is 0 Å². The molecule has 4 rings (SSSR count). The number of nitrogens with one attached hydrogen (secondary N) is 2. The van der Waals surface area contributed by atoms with Crippen LogP contribution < -0.4 is 15.5 Å². The number of carbonyl (C=O) groups is 3. The van der Waals surface area contributed by atoms with Gasteiger partial charge in [0.2, 0.25) is 17.7 Å². The topological polar surface area (TPSA) is 78.5 Å². The van der Waals surface area contributed by atoms with Gasteiger partial charge in [-0.05, 0) is 42.3 Å². The van der Waals surface area contributed by atoms with Gasteiger partial charge in [-0.25, -0.2) is 13.2 Å². The quantitative estimate of drug-likeness (QED) is 0.666. The van der Waals surface area contributed by atoms with Gasteiger partial charge in [-0.3, -0.25) is 19.7 Å². The van der Waals surface area contributed by atoms with Crippen molar-refractivity contribution in [3.8, 4) is 0 Å². The van der Waals surface area contributed by atoms with E-state index >= 15 is 0 Å². The third-order valence-electron chi connectivity index (χ3n) is 5.62. The number of hydrogen-bond donors (Lipinski definition) is 2. The molecule has 2 aromatic rings. The first-order valence-corrected chi connectivity index (χ1v) is 10.4. The van der Waals surface area contributed by atoms with Crippen LogP contribution in [0.5, 0.6) is 0 Å². The van der Waals surface area contributed by atoms with Crippen molar-refractivity contribution in [2.24, 2.45) is 0 Å². The van der Waals surface area contributed by atoms with Crippen LogP contribution in [0, 0.1) is 17.5 Å². The minimum Gasteiger partial charge on any atom is -0.367 e. The molecule has 1 atom stereocenters. The number of carbonyl (C=O) groups excluding carboxylic acids is 3. The van der Waals surface area contributed by atoms with E-state index in [-0.39, 0.29) is 48.0 Å². The van der Waals surface area contributed by atoms with E-state index in [4.69, 9.17) is 11.6 Å². The van der Waals surface area contributed by atoms with Crippen LogP contribution in [0.15, 0.2) is 30.3 Å². The molecule has 0 bridgehead atoms. The fraction of sp³-hybridized carbons (Fsp3) is 0.318.